The molecule has 0 aliphatic heterocycles. The van der Waals surface area contributed by atoms with E-state index < -0.39 is 0 Å². The van der Waals surface area contributed by atoms with Gasteiger partial charge < -0.3 is 0 Å². The Labute approximate surface area is 105 Å². The first-order chi connectivity index (χ1) is 7.55. The van der Waals surface area contributed by atoms with Crippen LogP contribution in [0.25, 0.3) is 0 Å². The summed E-state index contributed by atoms with van der Waals surface area (Å²) < 4.78 is 14.2. The molecule has 1 heteroatoms. The summed E-state index contributed by atoms with van der Waals surface area (Å²) in [6.45, 7) is 18.7. The van der Waals surface area contributed by atoms with Crippen LogP contribution in [0.2, 0.25) is 0 Å². The molecule has 1 saturated carbocycles. The fourth-order valence-electron chi connectivity index (χ4n) is 3.11. The molecule has 0 amide bonds. The Hall–Kier alpha value is -0.850. The smallest absolute Gasteiger partial charge is 0.126 e. The van der Waals surface area contributed by atoms with Gasteiger partial charge in [-0.15, -0.1) is 0 Å². The van der Waals surface area contributed by atoms with Gasteiger partial charge in [0.05, 0.1) is 0 Å². The average Bonchev–Trinajstić information content (AvgIpc) is 2.32. The van der Waals surface area contributed by atoms with Crippen molar-refractivity contribution >= 4 is 0 Å². The third-order valence-corrected chi connectivity index (χ3v) is 5.40. The predicted molar refractivity (Wildman–Crippen MR) is 73.4 cm³/mol. The van der Waals surface area contributed by atoms with Crippen LogP contribution in [-0.2, 0) is 0 Å². The van der Waals surface area contributed by atoms with Gasteiger partial charge in [-0.25, -0.2) is 4.39 Å². The highest BCUT2D eigenvalue weighted by Crippen LogP contribution is 2.67. The van der Waals surface area contributed by atoms with Crippen molar-refractivity contribution in [1.82, 2.24) is 0 Å². The minimum absolute atomic E-state index is 0.00245. The molecule has 0 atom stereocenters. The van der Waals surface area contributed by atoms with Gasteiger partial charge in [0.25, 0.3) is 0 Å². The first-order valence-electron chi connectivity index (χ1n) is 6.25. The molecule has 1 aliphatic rings. The third kappa shape index (κ3) is 1.55. The van der Waals surface area contributed by atoms with Crippen LogP contribution in [0, 0.1) is 16.2 Å². The molecule has 17 heavy (non-hydrogen) atoms. The zero-order valence-corrected chi connectivity index (χ0v) is 12.2. The van der Waals surface area contributed by atoms with Gasteiger partial charge in [-0.3, -0.25) is 0 Å². The Morgan fingerprint density at radius 3 is 1.88 bits per heavy atom. The number of halogens is 1. The van der Waals surface area contributed by atoms with Crippen molar-refractivity contribution in [3.8, 4) is 0 Å². The summed E-state index contributed by atoms with van der Waals surface area (Å²) in [6, 6.07) is 0. The second kappa shape index (κ2) is 3.83. The van der Waals surface area contributed by atoms with Gasteiger partial charge in [0.1, 0.15) is 5.83 Å². The summed E-state index contributed by atoms with van der Waals surface area (Å²) in [6.07, 6.45) is 3.38. The summed E-state index contributed by atoms with van der Waals surface area (Å²) in [7, 11) is 0. The zero-order valence-electron chi connectivity index (χ0n) is 12.2. The van der Waals surface area contributed by atoms with Gasteiger partial charge in [0.15, 0.2) is 0 Å². The topological polar surface area (TPSA) is 0 Å². The van der Waals surface area contributed by atoms with E-state index in [0.29, 0.717) is 0 Å². The van der Waals surface area contributed by atoms with E-state index in [4.69, 9.17) is 0 Å². The highest BCUT2D eigenvalue weighted by molar-refractivity contribution is 5.52. The van der Waals surface area contributed by atoms with Crippen molar-refractivity contribution in [3.63, 3.8) is 0 Å². The van der Waals surface area contributed by atoms with E-state index in [1.807, 2.05) is 6.92 Å². The van der Waals surface area contributed by atoms with Crippen LogP contribution in [0.1, 0.15) is 48.5 Å². The van der Waals surface area contributed by atoms with E-state index in [9.17, 15) is 4.39 Å². The molecule has 0 aromatic rings. The second-order valence-corrected chi connectivity index (χ2v) is 6.50. The first-order valence-corrected chi connectivity index (χ1v) is 6.25. The normalized spacial score (nSPS) is 30.5. The van der Waals surface area contributed by atoms with Gasteiger partial charge in [-0.05, 0) is 40.4 Å². The lowest BCUT2D eigenvalue weighted by molar-refractivity contribution is 0.0744. The molecule has 96 valence electrons. The number of rotatable bonds is 1. The Morgan fingerprint density at radius 1 is 1.06 bits per heavy atom. The Morgan fingerprint density at radius 2 is 1.53 bits per heavy atom. The van der Waals surface area contributed by atoms with Crippen LogP contribution in [0.15, 0.2) is 35.7 Å². The highest BCUT2D eigenvalue weighted by Gasteiger charge is 2.59. The Kier molecular flexibility index (Phi) is 3.20. The fraction of sp³-hybridized carbons (Fsp3) is 0.625. The fourth-order valence-corrected chi connectivity index (χ4v) is 3.11. The molecule has 1 fully saturated rings. The maximum absolute atomic E-state index is 14.2. The molecule has 0 nitrogen and oxygen atoms in total. The lowest BCUT2D eigenvalue weighted by atomic mass is 9.60. The monoisotopic (exact) mass is 236 g/mol. The minimum Gasteiger partial charge on any atom is -0.207 e. The maximum atomic E-state index is 14.2. The molecular formula is C16H25F. The maximum Gasteiger partial charge on any atom is 0.126 e. The summed E-state index contributed by atoms with van der Waals surface area (Å²) in [5.74, 6) is -0.179. The van der Waals surface area contributed by atoms with Gasteiger partial charge >= 0.3 is 0 Å². The van der Waals surface area contributed by atoms with Crippen LogP contribution >= 0.6 is 0 Å². The van der Waals surface area contributed by atoms with E-state index in [2.05, 4.69) is 54.2 Å². The van der Waals surface area contributed by atoms with E-state index in [-0.39, 0.29) is 22.1 Å². The van der Waals surface area contributed by atoms with Gasteiger partial charge in [-0.1, -0.05) is 54.2 Å². The lowest BCUT2D eigenvalue weighted by Gasteiger charge is -2.43. The summed E-state index contributed by atoms with van der Waals surface area (Å²) in [5, 5.41) is 0. The molecule has 0 heterocycles. The van der Waals surface area contributed by atoms with Crippen molar-refractivity contribution in [2.24, 2.45) is 16.2 Å². The first kappa shape index (κ1) is 14.2. The van der Waals surface area contributed by atoms with Gasteiger partial charge in [0, 0.05) is 0 Å². The third-order valence-electron chi connectivity index (χ3n) is 5.40. The summed E-state index contributed by atoms with van der Waals surface area (Å²) in [4.78, 5) is 0. The van der Waals surface area contributed by atoms with E-state index in [0.717, 1.165) is 11.1 Å². The molecule has 0 N–H and O–H groups in total. The Balaban J connectivity index is 3.71. The van der Waals surface area contributed by atoms with Crippen molar-refractivity contribution in [2.75, 3.05) is 0 Å². The average molecular weight is 236 g/mol. The number of hydrogen-bond acceptors (Lipinski definition) is 0. The molecule has 0 bridgehead atoms. The SMILES string of the molecule is C=C/C(F)=C1\C(=C/C)C(C)(C)C(C)(C)C1(C)C. The van der Waals surface area contributed by atoms with Gasteiger partial charge in [0.2, 0.25) is 0 Å². The summed E-state index contributed by atoms with van der Waals surface area (Å²) >= 11 is 0. The molecule has 0 spiro atoms. The van der Waals surface area contributed by atoms with E-state index in [1.54, 1.807) is 0 Å². The minimum atomic E-state index is -0.198. The van der Waals surface area contributed by atoms with E-state index >= 15 is 0 Å². The molecule has 1 aliphatic carbocycles. The molecule has 0 unspecified atom stereocenters. The highest BCUT2D eigenvalue weighted by atomic mass is 19.1. The molecule has 0 radical (unpaired) electrons. The lowest BCUT2D eigenvalue weighted by Crippen LogP contribution is -2.37. The van der Waals surface area contributed by atoms with Crippen LogP contribution in [0.5, 0.6) is 0 Å². The zero-order chi connectivity index (χ0) is 13.6. The number of hydrogen-bond donors (Lipinski definition) is 0. The predicted octanol–water partition coefficient (Wildman–Crippen LogP) is 5.43. The molecule has 1 rings (SSSR count). The van der Waals surface area contributed by atoms with Crippen LogP contribution < -0.4 is 0 Å². The van der Waals surface area contributed by atoms with Crippen molar-refractivity contribution < 1.29 is 4.39 Å². The van der Waals surface area contributed by atoms with Crippen molar-refractivity contribution in [1.29, 1.82) is 0 Å². The quantitative estimate of drug-likeness (QED) is 0.569. The second-order valence-electron chi connectivity index (χ2n) is 6.50. The van der Waals surface area contributed by atoms with Crippen LogP contribution in [-0.4, -0.2) is 0 Å². The molecule has 0 aromatic carbocycles. The van der Waals surface area contributed by atoms with Crippen LogP contribution in [0.3, 0.4) is 0 Å². The van der Waals surface area contributed by atoms with Crippen LogP contribution in [0.4, 0.5) is 4.39 Å². The molecule has 0 saturated heterocycles. The Bertz CT molecular complexity index is 403. The molecule has 0 aromatic heterocycles. The van der Waals surface area contributed by atoms with Gasteiger partial charge in [-0.2, -0.15) is 0 Å². The standard InChI is InChI=1S/C16H25F/c1-9-11-13(12(17)10-2)15(5,6)16(7,8)14(11,3)4/h9-10H,2H2,1,3-8H3/b11-9+,13-12-. The number of allylic oxidation sites excluding steroid dienone is 5. The van der Waals surface area contributed by atoms with E-state index in [1.165, 1.54) is 6.08 Å². The summed E-state index contributed by atoms with van der Waals surface area (Å²) in [5.41, 5.74) is 1.70. The van der Waals surface area contributed by atoms with Crippen molar-refractivity contribution in [3.05, 3.63) is 35.7 Å². The largest absolute Gasteiger partial charge is 0.207 e. The molecular weight excluding hydrogens is 211 g/mol. The van der Waals surface area contributed by atoms with Crippen molar-refractivity contribution in [2.45, 2.75) is 48.5 Å².